The molecule has 20 heavy (non-hydrogen) atoms. The van der Waals surface area contributed by atoms with Gasteiger partial charge in [0, 0.05) is 26.9 Å². The topological polar surface area (TPSA) is 47.4 Å². The molecule has 0 N–H and O–H groups in total. The van der Waals surface area contributed by atoms with E-state index < -0.39 is 0 Å². The highest BCUT2D eigenvalue weighted by Gasteiger charge is 2.15. The van der Waals surface area contributed by atoms with Crippen LogP contribution in [0.25, 0.3) is 5.69 Å². The van der Waals surface area contributed by atoms with Crippen molar-refractivity contribution < 1.29 is 9.53 Å². The SMILES string of the molecule is COCCN(C)C(=O)c1ccn(-c2ccccc2Cl)n1. The molecule has 0 aliphatic heterocycles. The summed E-state index contributed by atoms with van der Waals surface area (Å²) < 4.78 is 6.55. The van der Waals surface area contributed by atoms with Crippen molar-refractivity contribution in [2.75, 3.05) is 27.3 Å². The number of hydrogen-bond donors (Lipinski definition) is 0. The van der Waals surface area contributed by atoms with Crippen molar-refractivity contribution in [1.29, 1.82) is 0 Å². The minimum absolute atomic E-state index is 0.146. The molecule has 2 rings (SSSR count). The number of nitrogens with zero attached hydrogens (tertiary/aromatic N) is 3. The van der Waals surface area contributed by atoms with E-state index >= 15 is 0 Å². The molecule has 6 heteroatoms. The molecule has 2 aromatic rings. The second-order valence-corrected chi connectivity index (χ2v) is 4.72. The first kappa shape index (κ1) is 14.6. The number of halogens is 1. The average Bonchev–Trinajstić information content (AvgIpc) is 2.94. The predicted octanol–water partition coefficient (Wildman–Crippen LogP) is 2.24. The highest BCUT2D eigenvalue weighted by atomic mass is 35.5. The van der Waals surface area contributed by atoms with E-state index in [-0.39, 0.29) is 5.91 Å². The summed E-state index contributed by atoms with van der Waals surface area (Å²) in [5, 5.41) is 4.86. The first-order chi connectivity index (χ1) is 9.63. The summed E-state index contributed by atoms with van der Waals surface area (Å²) >= 11 is 6.11. The fourth-order valence-electron chi connectivity index (χ4n) is 1.74. The van der Waals surface area contributed by atoms with Crippen LogP contribution in [0, 0.1) is 0 Å². The van der Waals surface area contributed by atoms with Crippen LogP contribution in [0.15, 0.2) is 36.5 Å². The van der Waals surface area contributed by atoms with Crippen LogP contribution in [0.2, 0.25) is 5.02 Å². The van der Waals surface area contributed by atoms with Crippen molar-refractivity contribution in [3.63, 3.8) is 0 Å². The Hall–Kier alpha value is -1.85. The Labute approximate surface area is 122 Å². The molecule has 1 aromatic heterocycles. The fraction of sp³-hybridized carbons (Fsp3) is 0.286. The lowest BCUT2D eigenvalue weighted by Crippen LogP contribution is -2.30. The van der Waals surface area contributed by atoms with Crippen molar-refractivity contribution in [1.82, 2.24) is 14.7 Å². The Balaban J connectivity index is 2.17. The Kier molecular flexibility index (Phi) is 4.76. The van der Waals surface area contributed by atoms with Gasteiger partial charge in [-0.3, -0.25) is 4.79 Å². The van der Waals surface area contributed by atoms with E-state index in [1.807, 2.05) is 18.2 Å². The van der Waals surface area contributed by atoms with Gasteiger partial charge in [-0.05, 0) is 18.2 Å². The van der Waals surface area contributed by atoms with Crippen molar-refractivity contribution in [3.8, 4) is 5.69 Å². The number of methoxy groups -OCH3 is 1. The van der Waals surface area contributed by atoms with Gasteiger partial charge < -0.3 is 9.64 Å². The molecule has 0 fully saturated rings. The number of ether oxygens (including phenoxy) is 1. The second-order valence-electron chi connectivity index (χ2n) is 4.32. The smallest absolute Gasteiger partial charge is 0.274 e. The molecule has 1 aromatic carbocycles. The number of carbonyl (C=O) groups is 1. The van der Waals surface area contributed by atoms with Gasteiger partial charge in [-0.15, -0.1) is 0 Å². The number of carbonyl (C=O) groups excluding carboxylic acids is 1. The molecule has 0 atom stereocenters. The van der Waals surface area contributed by atoms with E-state index in [1.165, 1.54) is 0 Å². The third-order valence-electron chi connectivity index (χ3n) is 2.88. The Morgan fingerprint density at radius 3 is 2.85 bits per heavy atom. The van der Waals surface area contributed by atoms with Crippen LogP contribution in [-0.4, -0.2) is 47.9 Å². The molecule has 106 valence electrons. The molecule has 0 bridgehead atoms. The molecule has 5 nitrogen and oxygen atoms in total. The van der Waals surface area contributed by atoms with Crippen LogP contribution in [0.3, 0.4) is 0 Å². The quantitative estimate of drug-likeness (QED) is 0.849. The maximum atomic E-state index is 12.1. The molecule has 1 heterocycles. The third-order valence-corrected chi connectivity index (χ3v) is 3.20. The van der Waals surface area contributed by atoms with Gasteiger partial charge in [0.1, 0.15) is 0 Å². The average molecular weight is 294 g/mol. The summed E-state index contributed by atoms with van der Waals surface area (Å²) in [5.74, 6) is -0.146. The van der Waals surface area contributed by atoms with Gasteiger partial charge in [-0.2, -0.15) is 5.10 Å². The molecule has 0 aliphatic carbocycles. The number of para-hydroxylation sites is 1. The Morgan fingerprint density at radius 1 is 1.40 bits per heavy atom. The first-order valence-electron chi connectivity index (χ1n) is 6.18. The van der Waals surface area contributed by atoms with Gasteiger partial charge in [0.15, 0.2) is 5.69 Å². The first-order valence-corrected chi connectivity index (χ1v) is 6.56. The van der Waals surface area contributed by atoms with Crippen molar-refractivity contribution in [2.24, 2.45) is 0 Å². The summed E-state index contributed by atoms with van der Waals surface area (Å²) in [7, 11) is 3.32. The normalized spacial score (nSPS) is 10.6. The summed E-state index contributed by atoms with van der Waals surface area (Å²) in [4.78, 5) is 13.7. The second kappa shape index (κ2) is 6.54. The molecule has 0 unspecified atom stereocenters. The maximum Gasteiger partial charge on any atom is 0.274 e. The maximum absolute atomic E-state index is 12.1. The Morgan fingerprint density at radius 2 is 2.15 bits per heavy atom. The molecular formula is C14H16ClN3O2. The summed E-state index contributed by atoms with van der Waals surface area (Å²) in [5.41, 5.74) is 1.12. The van der Waals surface area contributed by atoms with E-state index in [4.69, 9.17) is 16.3 Å². The lowest BCUT2D eigenvalue weighted by molar-refractivity contribution is 0.0738. The van der Waals surface area contributed by atoms with E-state index in [9.17, 15) is 4.79 Å². The Bertz CT molecular complexity index is 598. The molecule has 0 radical (unpaired) electrons. The number of rotatable bonds is 5. The van der Waals surface area contributed by atoms with Gasteiger partial charge in [0.2, 0.25) is 0 Å². The fourth-order valence-corrected chi connectivity index (χ4v) is 1.96. The van der Waals surface area contributed by atoms with Crippen LogP contribution in [-0.2, 0) is 4.74 Å². The van der Waals surface area contributed by atoms with E-state index in [1.54, 1.807) is 42.1 Å². The highest BCUT2D eigenvalue weighted by Crippen LogP contribution is 2.19. The molecule has 0 saturated carbocycles. The van der Waals surface area contributed by atoms with Crippen LogP contribution in [0.5, 0.6) is 0 Å². The summed E-state index contributed by atoms with van der Waals surface area (Å²) in [6.45, 7) is 1.02. The molecule has 0 saturated heterocycles. The molecular weight excluding hydrogens is 278 g/mol. The van der Waals surface area contributed by atoms with Crippen molar-refractivity contribution in [3.05, 3.63) is 47.2 Å². The van der Waals surface area contributed by atoms with Gasteiger partial charge in [-0.25, -0.2) is 4.68 Å². The molecule has 0 spiro atoms. The van der Waals surface area contributed by atoms with Crippen LogP contribution in [0.4, 0.5) is 0 Å². The van der Waals surface area contributed by atoms with E-state index in [0.717, 1.165) is 5.69 Å². The van der Waals surface area contributed by atoms with E-state index in [0.29, 0.717) is 23.9 Å². The zero-order valence-corrected chi connectivity index (χ0v) is 12.2. The minimum Gasteiger partial charge on any atom is -0.383 e. The predicted molar refractivity (Wildman–Crippen MR) is 77.4 cm³/mol. The number of aromatic nitrogens is 2. The van der Waals surface area contributed by atoms with Gasteiger partial charge >= 0.3 is 0 Å². The number of benzene rings is 1. The van der Waals surface area contributed by atoms with Crippen LogP contribution in [0.1, 0.15) is 10.5 Å². The highest BCUT2D eigenvalue weighted by molar-refractivity contribution is 6.32. The molecule has 1 amide bonds. The lowest BCUT2D eigenvalue weighted by Gasteiger charge is -2.14. The number of hydrogen-bond acceptors (Lipinski definition) is 3. The van der Waals surface area contributed by atoms with Crippen molar-refractivity contribution >= 4 is 17.5 Å². The summed E-state index contributed by atoms with van der Waals surface area (Å²) in [6, 6.07) is 9.02. The van der Waals surface area contributed by atoms with Crippen molar-refractivity contribution in [2.45, 2.75) is 0 Å². The lowest BCUT2D eigenvalue weighted by atomic mass is 10.3. The zero-order chi connectivity index (χ0) is 14.5. The number of amides is 1. The van der Waals surface area contributed by atoms with Gasteiger partial charge in [0.25, 0.3) is 5.91 Å². The van der Waals surface area contributed by atoms with Crippen LogP contribution < -0.4 is 0 Å². The zero-order valence-electron chi connectivity index (χ0n) is 11.4. The summed E-state index contributed by atoms with van der Waals surface area (Å²) in [6.07, 6.45) is 1.72. The monoisotopic (exact) mass is 293 g/mol. The van der Waals surface area contributed by atoms with Gasteiger partial charge in [-0.1, -0.05) is 23.7 Å². The largest absolute Gasteiger partial charge is 0.383 e. The minimum atomic E-state index is -0.146. The standard InChI is InChI=1S/C14H16ClN3O2/c1-17(9-10-20-2)14(19)12-7-8-18(16-12)13-6-4-3-5-11(13)15/h3-8H,9-10H2,1-2H3. The van der Waals surface area contributed by atoms with Crippen LogP contribution >= 0.6 is 11.6 Å². The number of likely N-dealkylation sites (N-methyl/N-ethyl adjacent to an activating group) is 1. The van der Waals surface area contributed by atoms with E-state index in [2.05, 4.69) is 5.10 Å². The van der Waals surface area contributed by atoms with Gasteiger partial charge in [0.05, 0.1) is 17.3 Å². The molecule has 0 aliphatic rings. The third kappa shape index (κ3) is 3.18.